The van der Waals surface area contributed by atoms with Crippen LogP contribution in [0.2, 0.25) is 0 Å². The summed E-state index contributed by atoms with van der Waals surface area (Å²) in [6, 6.07) is 11.1. The van der Waals surface area contributed by atoms with Crippen LogP contribution in [-0.2, 0) is 6.54 Å². The van der Waals surface area contributed by atoms with Crippen molar-refractivity contribution in [3.8, 4) is 5.82 Å². The lowest BCUT2D eigenvalue weighted by Crippen LogP contribution is -2.23. The fourth-order valence-electron chi connectivity index (χ4n) is 2.96. The summed E-state index contributed by atoms with van der Waals surface area (Å²) < 4.78 is 3.30. The van der Waals surface area contributed by atoms with E-state index in [0.717, 1.165) is 11.3 Å². The Balaban J connectivity index is 1.76. The Morgan fingerprint density at radius 3 is 2.71 bits per heavy atom. The van der Waals surface area contributed by atoms with E-state index in [-0.39, 0.29) is 10.4 Å². The van der Waals surface area contributed by atoms with Crippen molar-refractivity contribution >= 4 is 34.0 Å². The molecule has 4 aromatic rings. The predicted octanol–water partition coefficient (Wildman–Crippen LogP) is 3.41. The van der Waals surface area contributed by atoms with E-state index in [1.165, 1.54) is 23.1 Å². The fourth-order valence-corrected chi connectivity index (χ4v) is 4.64. The minimum atomic E-state index is -0.143. The van der Waals surface area contributed by atoms with Gasteiger partial charge in [0, 0.05) is 29.6 Å². The first-order chi connectivity index (χ1) is 13.5. The molecule has 0 bridgehead atoms. The van der Waals surface area contributed by atoms with Gasteiger partial charge in [0.25, 0.3) is 5.56 Å². The SMILES string of the molecule is Cc1ccnc(-n2c(SCCn3c(C)csc3=O)nc3ccccc3c2=O)c1. The molecule has 1 aromatic carbocycles. The molecule has 0 N–H and O–H groups in total. The predicted molar refractivity (Wildman–Crippen MR) is 114 cm³/mol. The van der Waals surface area contributed by atoms with Gasteiger partial charge in [0.1, 0.15) is 5.82 Å². The van der Waals surface area contributed by atoms with E-state index in [9.17, 15) is 9.59 Å². The van der Waals surface area contributed by atoms with Crippen LogP contribution in [0.5, 0.6) is 0 Å². The molecule has 0 atom stereocenters. The smallest absolute Gasteiger partial charge is 0.303 e. The van der Waals surface area contributed by atoms with Gasteiger partial charge in [-0.15, -0.1) is 0 Å². The molecule has 0 aliphatic rings. The van der Waals surface area contributed by atoms with Crippen LogP contribution in [0.15, 0.2) is 62.7 Å². The Bertz CT molecular complexity index is 1270. The first-order valence-corrected chi connectivity index (χ1v) is 10.6. The number of thiazole rings is 1. The van der Waals surface area contributed by atoms with Gasteiger partial charge < -0.3 is 4.57 Å². The Kier molecular flexibility index (Phi) is 5.15. The molecular weight excluding hydrogens is 392 g/mol. The minimum absolute atomic E-state index is 0.0299. The van der Waals surface area contributed by atoms with Crippen LogP contribution in [0.25, 0.3) is 16.7 Å². The average molecular weight is 411 g/mol. The van der Waals surface area contributed by atoms with Crippen molar-refractivity contribution in [3.63, 3.8) is 0 Å². The first kappa shape index (κ1) is 18.6. The molecule has 8 heteroatoms. The van der Waals surface area contributed by atoms with Crippen LogP contribution in [0.4, 0.5) is 0 Å². The number of benzene rings is 1. The third-order valence-corrected chi connectivity index (χ3v) is 6.20. The van der Waals surface area contributed by atoms with Gasteiger partial charge in [0.05, 0.1) is 10.9 Å². The van der Waals surface area contributed by atoms with E-state index in [0.29, 0.717) is 34.2 Å². The van der Waals surface area contributed by atoms with Crippen LogP contribution in [-0.4, -0.2) is 24.9 Å². The van der Waals surface area contributed by atoms with Crippen molar-refractivity contribution < 1.29 is 0 Å². The number of rotatable bonds is 5. The van der Waals surface area contributed by atoms with E-state index < -0.39 is 0 Å². The molecule has 0 unspecified atom stereocenters. The number of fused-ring (bicyclic) bond motifs is 1. The molecule has 3 aromatic heterocycles. The fraction of sp³-hybridized carbons (Fsp3) is 0.200. The minimum Gasteiger partial charge on any atom is -0.303 e. The van der Waals surface area contributed by atoms with Gasteiger partial charge in [-0.1, -0.05) is 35.2 Å². The van der Waals surface area contributed by atoms with Gasteiger partial charge in [-0.25, -0.2) is 14.5 Å². The van der Waals surface area contributed by atoms with E-state index in [4.69, 9.17) is 4.98 Å². The van der Waals surface area contributed by atoms with Crippen molar-refractivity contribution in [1.82, 2.24) is 19.1 Å². The second-order valence-electron chi connectivity index (χ2n) is 6.39. The van der Waals surface area contributed by atoms with Crippen LogP contribution < -0.4 is 10.4 Å². The van der Waals surface area contributed by atoms with Crippen LogP contribution >= 0.6 is 23.1 Å². The molecule has 0 radical (unpaired) electrons. The van der Waals surface area contributed by atoms with Crippen LogP contribution in [0.1, 0.15) is 11.3 Å². The highest BCUT2D eigenvalue weighted by Crippen LogP contribution is 2.21. The van der Waals surface area contributed by atoms with E-state index >= 15 is 0 Å². The Morgan fingerprint density at radius 1 is 1.14 bits per heavy atom. The standard InChI is InChI=1S/C20H18N4O2S2/c1-13-7-8-21-17(11-13)24-18(25)15-5-3-4-6-16(15)22-19(24)27-10-9-23-14(2)12-28-20(23)26/h3-8,11-12H,9-10H2,1-2H3. The van der Waals surface area contributed by atoms with Crippen LogP contribution in [0.3, 0.4) is 0 Å². The molecule has 28 heavy (non-hydrogen) atoms. The van der Waals surface area contributed by atoms with Crippen molar-refractivity contribution in [2.75, 3.05) is 5.75 Å². The van der Waals surface area contributed by atoms with Crippen molar-refractivity contribution in [2.45, 2.75) is 25.5 Å². The number of nitrogens with zero attached hydrogens (tertiary/aromatic N) is 4. The molecule has 0 spiro atoms. The van der Waals surface area contributed by atoms with Gasteiger partial charge in [-0.3, -0.25) is 9.59 Å². The number of aryl methyl sites for hydroxylation is 2. The Labute approximate surface area is 169 Å². The van der Waals surface area contributed by atoms with Crippen molar-refractivity contribution in [1.29, 1.82) is 0 Å². The van der Waals surface area contributed by atoms with Gasteiger partial charge in [-0.05, 0) is 43.7 Å². The number of pyridine rings is 1. The molecule has 0 fully saturated rings. The zero-order valence-corrected chi connectivity index (χ0v) is 17.1. The van der Waals surface area contributed by atoms with Gasteiger partial charge in [-0.2, -0.15) is 0 Å². The maximum absolute atomic E-state index is 13.2. The third kappa shape index (κ3) is 3.53. The second kappa shape index (κ2) is 7.73. The zero-order chi connectivity index (χ0) is 19.7. The zero-order valence-electron chi connectivity index (χ0n) is 15.5. The summed E-state index contributed by atoms with van der Waals surface area (Å²) in [6.45, 7) is 4.44. The highest BCUT2D eigenvalue weighted by atomic mass is 32.2. The molecule has 142 valence electrons. The quantitative estimate of drug-likeness (QED) is 0.372. The monoisotopic (exact) mass is 410 g/mol. The molecule has 4 rings (SSSR count). The third-order valence-electron chi connectivity index (χ3n) is 4.40. The number of aromatic nitrogens is 4. The summed E-state index contributed by atoms with van der Waals surface area (Å²) in [7, 11) is 0. The van der Waals surface area contributed by atoms with Gasteiger partial charge >= 0.3 is 4.87 Å². The molecule has 3 heterocycles. The number of hydrogen-bond acceptors (Lipinski definition) is 6. The highest BCUT2D eigenvalue weighted by Gasteiger charge is 2.14. The molecule has 0 aliphatic heterocycles. The average Bonchev–Trinajstić information content (AvgIpc) is 3.00. The van der Waals surface area contributed by atoms with Gasteiger partial charge in [0.15, 0.2) is 5.16 Å². The highest BCUT2D eigenvalue weighted by molar-refractivity contribution is 7.99. The number of hydrogen-bond donors (Lipinski definition) is 0. The maximum atomic E-state index is 13.2. The number of para-hydroxylation sites is 1. The summed E-state index contributed by atoms with van der Waals surface area (Å²) in [5.74, 6) is 1.17. The molecule has 0 saturated carbocycles. The summed E-state index contributed by atoms with van der Waals surface area (Å²) in [4.78, 5) is 34.2. The van der Waals surface area contributed by atoms with E-state index in [1.54, 1.807) is 21.4 Å². The maximum Gasteiger partial charge on any atom is 0.307 e. The summed E-state index contributed by atoms with van der Waals surface area (Å²) in [6.07, 6.45) is 1.69. The van der Waals surface area contributed by atoms with Crippen molar-refractivity contribution in [3.05, 3.63) is 79.3 Å². The Morgan fingerprint density at radius 2 is 1.96 bits per heavy atom. The Hall–Kier alpha value is -2.71. The van der Waals surface area contributed by atoms with Crippen LogP contribution in [0, 0.1) is 13.8 Å². The topological polar surface area (TPSA) is 69.8 Å². The lowest BCUT2D eigenvalue weighted by atomic mass is 10.2. The summed E-state index contributed by atoms with van der Waals surface area (Å²) in [5, 5.41) is 2.98. The van der Waals surface area contributed by atoms with Gasteiger partial charge in [0.2, 0.25) is 0 Å². The van der Waals surface area contributed by atoms with E-state index in [2.05, 4.69) is 4.98 Å². The number of thioether (sulfide) groups is 1. The van der Waals surface area contributed by atoms with Crippen molar-refractivity contribution in [2.24, 2.45) is 0 Å². The molecular formula is C20H18N4O2S2. The normalized spacial score (nSPS) is 11.2. The van der Waals surface area contributed by atoms with E-state index in [1.807, 2.05) is 49.6 Å². The summed E-state index contributed by atoms with van der Waals surface area (Å²) in [5.41, 5.74) is 2.47. The largest absolute Gasteiger partial charge is 0.307 e. The molecule has 0 saturated heterocycles. The lowest BCUT2D eigenvalue weighted by Gasteiger charge is -2.13. The second-order valence-corrected chi connectivity index (χ2v) is 8.27. The first-order valence-electron chi connectivity index (χ1n) is 8.77. The molecule has 0 amide bonds. The molecule has 0 aliphatic carbocycles. The molecule has 6 nitrogen and oxygen atoms in total. The lowest BCUT2D eigenvalue weighted by molar-refractivity contribution is 0.726. The summed E-state index contributed by atoms with van der Waals surface area (Å²) >= 11 is 2.65.